The van der Waals surface area contributed by atoms with Crippen LogP contribution in [0.1, 0.15) is 39.0 Å². The molecular formula is C22H22ClN3O3S2. The van der Waals surface area contributed by atoms with E-state index in [1.165, 1.54) is 21.9 Å². The number of aromatic nitrogens is 1. The lowest BCUT2D eigenvalue weighted by molar-refractivity contribution is 0.102. The van der Waals surface area contributed by atoms with Crippen LogP contribution in [0.25, 0.3) is 0 Å². The molecule has 1 aliphatic heterocycles. The van der Waals surface area contributed by atoms with Crippen LogP contribution < -0.4 is 9.62 Å². The number of fused-ring (bicyclic) bond motifs is 1. The molecule has 162 valence electrons. The highest BCUT2D eigenvalue weighted by Crippen LogP contribution is 2.35. The lowest BCUT2D eigenvalue weighted by Gasteiger charge is -2.21. The Morgan fingerprint density at radius 1 is 1.29 bits per heavy atom. The van der Waals surface area contributed by atoms with Gasteiger partial charge in [0.2, 0.25) is 10.0 Å². The number of thiazole rings is 1. The van der Waals surface area contributed by atoms with Gasteiger partial charge < -0.3 is 0 Å². The molecule has 1 unspecified atom stereocenters. The monoisotopic (exact) mass is 475 g/mol. The first kappa shape index (κ1) is 21.8. The summed E-state index contributed by atoms with van der Waals surface area (Å²) in [7, 11) is -3.36. The summed E-state index contributed by atoms with van der Waals surface area (Å²) in [6.45, 7) is 3.77. The van der Waals surface area contributed by atoms with Crippen molar-refractivity contribution in [2.45, 2.75) is 32.7 Å². The standard InChI is InChI=1S/C22H22ClN3O3S2/c1-13-10-17-11-16(8-9-19(17)26(13)31(3,28)29)21(27)25-22-24-14(2)20(30-22)12-15-6-4-5-7-18(15)23/h4-9,11,13H,10,12H2,1-3H3,(H,24,25,27). The molecule has 0 bridgehead atoms. The van der Waals surface area contributed by atoms with Crippen LogP contribution >= 0.6 is 22.9 Å². The van der Waals surface area contributed by atoms with Crippen molar-refractivity contribution in [2.75, 3.05) is 15.9 Å². The van der Waals surface area contributed by atoms with Crippen molar-refractivity contribution in [3.8, 4) is 0 Å². The van der Waals surface area contributed by atoms with Crippen LogP contribution in [0.2, 0.25) is 5.02 Å². The summed E-state index contributed by atoms with van der Waals surface area (Å²) in [5, 5.41) is 4.10. The fourth-order valence-corrected chi connectivity index (χ4v) is 6.33. The first-order chi connectivity index (χ1) is 14.6. The van der Waals surface area contributed by atoms with Crippen LogP contribution in [0.5, 0.6) is 0 Å². The predicted octanol–water partition coefficient (Wildman–Crippen LogP) is 4.66. The minimum absolute atomic E-state index is 0.169. The highest BCUT2D eigenvalue weighted by molar-refractivity contribution is 7.92. The number of benzene rings is 2. The molecule has 2 heterocycles. The number of anilines is 2. The summed E-state index contributed by atoms with van der Waals surface area (Å²) in [6.07, 6.45) is 2.42. The number of rotatable bonds is 5. The van der Waals surface area contributed by atoms with Crippen molar-refractivity contribution in [1.29, 1.82) is 0 Å². The molecule has 3 aromatic rings. The summed E-state index contributed by atoms with van der Waals surface area (Å²) in [6, 6.07) is 12.6. The van der Waals surface area contributed by atoms with Crippen LogP contribution in [0.3, 0.4) is 0 Å². The molecule has 2 aromatic carbocycles. The molecule has 1 amide bonds. The fourth-order valence-electron chi connectivity index (χ4n) is 3.88. The van der Waals surface area contributed by atoms with E-state index in [-0.39, 0.29) is 11.9 Å². The number of nitrogens with zero attached hydrogens (tertiary/aromatic N) is 2. The van der Waals surface area contributed by atoms with Crippen LogP contribution in [-0.2, 0) is 22.9 Å². The summed E-state index contributed by atoms with van der Waals surface area (Å²) < 4.78 is 25.6. The normalized spacial score (nSPS) is 15.7. The number of hydrogen-bond acceptors (Lipinski definition) is 5. The van der Waals surface area contributed by atoms with Gasteiger partial charge in [-0.25, -0.2) is 13.4 Å². The van der Waals surface area contributed by atoms with E-state index in [2.05, 4.69) is 10.3 Å². The van der Waals surface area contributed by atoms with Crippen LogP contribution in [-0.4, -0.2) is 31.6 Å². The van der Waals surface area contributed by atoms with E-state index < -0.39 is 10.0 Å². The van der Waals surface area contributed by atoms with Crippen molar-refractivity contribution in [1.82, 2.24) is 4.98 Å². The minimum Gasteiger partial charge on any atom is -0.298 e. The van der Waals surface area contributed by atoms with E-state index in [0.29, 0.717) is 34.2 Å². The molecule has 1 aliphatic rings. The maximum absolute atomic E-state index is 12.8. The van der Waals surface area contributed by atoms with Gasteiger partial charge in [0.25, 0.3) is 5.91 Å². The molecule has 1 N–H and O–H groups in total. The molecule has 6 nitrogen and oxygen atoms in total. The zero-order chi connectivity index (χ0) is 22.3. The zero-order valence-corrected chi connectivity index (χ0v) is 19.7. The van der Waals surface area contributed by atoms with Crippen molar-refractivity contribution < 1.29 is 13.2 Å². The largest absolute Gasteiger partial charge is 0.298 e. The van der Waals surface area contributed by atoms with Crippen molar-refractivity contribution in [2.24, 2.45) is 0 Å². The molecule has 0 saturated carbocycles. The second-order valence-electron chi connectivity index (χ2n) is 7.71. The second-order valence-corrected chi connectivity index (χ2v) is 11.1. The van der Waals surface area contributed by atoms with Gasteiger partial charge in [-0.2, -0.15) is 0 Å². The van der Waals surface area contributed by atoms with Crippen LogP contribution in [0.15, 0.2) is 42.5 Å². The van der Waals surface area contributed by atoms with Gasteiger partial charge >= 0.3 is 0 Å². The first-order valence-electron chi connectivity index (χ1n) is 9.77. The number of carbonyl (C=O) groups excluding carboxylic acids is 1. The highest BCUT2D eigenvalue weighted by Gasteiger charge is 2.32. The SMILES string of the molecule is Cc1nc(NC(=O)c2ccc3c(c2)CC(C)N3S(C)(=O)=O)sc1Cc1ccccc1Cl. The Morgan fingerprint density at radius 3 is 2.74 bits per heavy atom. The molecule has 0 radical (unpaired) electrons. The van der Waals surface area contributed by atoms with Crippen molar-refractivity contribution in [3.05, 3.63) is 74.7 Å². The van der Waals surface area contributed by atoms with Crippen molar-refractivity contribution in [3.63, 3.8) is 0 Å². The Balaban J connectivity index is 1.52. The van der Waals surface area contributed by atoms with Gasteiger partial charge in [0, 0.05) is 27.9 Å². The van der Waals surface area contributed by atoms with E-state index in [1.54, 1.807) is 18.2 Å². The van der Waals surface area contributed by atoms with Crippen LogP contribution in [0, 0.1) is 6.92 Å². The number of sulfonamides is 1. The van der Waals surface area contributed by atoms with E-state index in [0.717, 1.165) is 21.7 Å². The second kappa shape index (κ2) is 8.26. The Hall–Kier alpha value is -2.42. The van der Waals surface area contributed by atoms with Gasteiger partial charge in [0.05, 0.1) is 17.6 Å². The topological polar surface area (TPSA) is 79.4 Å². The molecule has 0 saturated heterocycles. The average molecular weight is 476 g/mol. The summed E-state index contributed by atoms with van der Waals surface area (Å²) in [5.74, 6) is -0.272. The number of aryl methyl sites for hydroxylation is 1. The molecule has 1 aromatic heterocycles. The molecule has 4 rings (SSSR count). The van der Waals surface area contributed by atoms with E-state index >= 15 is 0 Å². The number of halogens is 1. The third-order valence-electron chi connectivity index (χ3n) is 5.27. The maximum atomic E-state index is 12.8. The number of hydrogen-bond donors (Lipinski definition) is 1. The van der Waals surface area contributed by atoms with Crippen LogP contribution in [0.4, 0.5) is 10.8 Å². The zero-order valence-electron chi connectivity index (χ0n) is 17.3. The highest BCUT2D eigenvalue weighted by atomic mass is 35.5. The Kier molecular flexibility index (Phi) is 5.81. The third-order valence-corrected chi connectivity index (χ3v) is 7.99. The molecule has 1 atom stereocenters. The average Bonchev–Trinajstić information content (AvgIpc) is 3.20. The lowest BCUT2D eigenvalue weighted by Crippen LogP contribution is -2.34. The number of amides is 1. The Bertz CT molecular complexity index is 1270. The quantitative estimate of drug-likeness (QED) is 0.582. The summed E-state index contributed by atoms with van der Waals surface area (Å²) in [5.41, 5.74) is 3.82. The number of carbonyl (C=O) groups is 1. The molecular weight excluding hydrogens is 454 g/mol. The minimum atomic E-state index is -3.36. The van der Waals surface area contributed by atoms with Gasteiger partial charge in [-0.15, -0.1) is 11.3 Å². The lowest BCUT2D eigenvalue weighted by atomic mass is 10.1. The van der Waals surface area contributed by atoms with Gasteiger partial charge in [-0.3, -0.25) is 14.4 Å². The molecule has 31 heavy (non-hydrogen) atoms. The fraction of sp³-hybridized carbons (Fsp3) is 0.273. The summed E-state index contributed by atoms with van der Waals surface area (Å²) >= 11 is 7.69. The molecule has 0 spiro atoms. The van der Waals surface area contributed by atoms with E-state index in [4.69, 9.17) is 11.6 Å². The van der Waals surface area contributed by atoms with Gasteiger partial charge in [-0.1, -0.05) is 29.8 Å². The maximum Gasteiger partial charge on any atom is 0.257 e. The Morgan fingerprint density at radius 2 is 2.03 bits per heavy atom. The van der Waals surface area contributed by atoms with E-state index in [9.17, 15) is 13.2 Å². The Labute approximate surface area is 190 Å². The van der Waals surface area contributed by atoms with E-state index in [1.807, 2.05) is 38.1 Å². The smallest absolute Gasteiger partial charge is 0.257 e. The third kappa shape index (κ3) is 4.46. The van der Waals surface area contributed by atoms with Gasteiger partial charge in [-0.05, 0) is 55.7 Å². The molecule has 0 fully saturated rings. The van der Waals surface area contributed by atoms with Crippen molar-refractivity contribution >= 4 is 49.7 Å². The first-order valence-corrected chi connectivity index (χ1v) is 12.8. The number of nitrogens with one attached hydrogen (secondary N) is 1. The predicted molar refractivity (Wildman–Crippen MR) is 126 cm³/mol. The summed E-state index contributed by atoms with van der Waals surface area (Å²) in [4.78, 5) is 18.3. The molecule has 9 heteroatoms. The van der Waals surface area contributed by atoms with Gasteiger partial charge in [0.1, 0.15) is 0 Å². The molecule has 0 aliphatic carbocycles. The van der Waals surface area contributed by atoms with Gasteiger partial charge in [0.15, 0.2) is 5.13 Å².